The summed E-state index contributed by atoms with van der Waals surface area (Å²) in [5.74, 6) is 2.83. The van der Waals surface area contributed by atoms with Crippen molar-refractivity contribution in [2.24, 2.45) is 0 Å². The van der Waals surface area contributed by atoms with Crippen LogP contribution in [0.25, 0.3) is 0 Å². The van der Waals surface area contributed by atoms with Crippen LogP contribution < -0.4 is 15.4 Å². The van der Waals surface area contributed by atoms with Crippen LogP contribution in [0.3, 0.4) is 0 Å². The summed E-state index contributed by atoms with van der Waals surface area (Å²) in [6.45, 7) is 6.86. The van der Waals surface area contributed by atoms with Gasteiger partial charge in [-0.1, -0.05) is 28.8 Å². The Morgan fingerprint density at radius 2 is 2.19 bits per heavy atom. The van der Waals surface area contributed by atoms with Gasteiger partial charge in [0.15, 0.2) is 6.10 Å². The molecule has 0 saturated heterocycles. The Kier molecular flexibility index (Phi) is 7.27. The molecule has 2 atom stereocenters. The minimum Gasteiger partial charge on any atom is -0.481 e. The van der Waals surface area contributed by atoms with Crippen molar-refractivity contribution in [1.82, 2.24) is 10.6 Å². The van der Waals surface area contributed by atoms with Gasteiger partial charge < -0.3 is 15.4 Å². The summed E-state index contributed by atoms with van der Waals surface area (Å²) in [5, 5.41) is 5.95. The Bertz CT molecular complexity index is 525. The van der Waals surface area contributed by atoms with E-state index in [-0.39, 0.29) is 18.5 Å². The van der Waals surface area contributed by atoms with Gasteiger partial charge in [-0.05, 0) is 38.6 Å². The Balaban J connectivity index is 2.87. The van der Waals surface area contributed by atoms with E-state index in [1.807, 2.05) is 25.1 Å². The minimum absolute atomic E-state index is 0.128. The maximum absolute atomic E-state index is 11.8. The van der Waals surface area contributed by atoms with Gasteiger partial charge in [-0.25, -0.2) is 0 Å². The summed E-state index contributed by atoms with van der Waals surface area (Å²) >= 11 is 3.46. The van der Waals surface area contributed by atoms with Crippen LogP contribution in [0.1, 0.15) is 32.4 Å². The summed E-state index contributed by atoms with van der Waals surface area (Å²) in [7, 11) is 0. The molecule has 2 N–H and O–H groups in total. The lowest BCUT2D eigenvalue weighted by Gasteiger charge is -2.21. The molecule has 1 aromatic rings. The predicted molar refractivity (Wildman–Crippen MR) is 88.2 cm³/mol. The second kappa shape index (κ2) is 8.71. The van der Waals surface area contributed by atoms with E-state index in [9.17, 15) is 4.79 Å². The fourth-order valence-electron chi connectivity index (χ4n) is 1.91. The Morgan fingerprint density at radius 1 is 1.48 bits per heavy atom. The van der Waals surface area contributed by atoms with Crippen LogP contribution in [0.15, 0.2) is 22.7 Å². The first-order chi connectivity index (χ1) is 9.99. The third-order valence-corrected chi connectivity index (χ3v) is 3.48. The lowest BCUT2D eigenvalue weighted by Crippen LogP contribution is -2.36. The third kappa shape index (κ3) is 5.41. The number of halogens is 1. The number of rotatable bonds is 7. The van der Waals surface area contributed by atoms with Gasteiger partial charge in [-0.15, -0.1) is 6.42 Å². The molecule has 0 heterocycles. The summed E-state index contributed by atoms with van der Waals surface area (Å²) in [6.07, 6.45) is 4.52. The molecule has 0 saturated carbocycles. The van der Waals surface area contributed by atoms with Crippen LogP contribution in [-0.4, -0.2) is 25.1 Å². The van der Waals surface area contributed by atoms with Gasteiger partial charge in [0.25, 0.3) is 5.91 Å². The monoisotopic (exact) mass is 352 g/mol. The number of amides is 1. The molecule has 0 radical (unpaired) electrons. The van der Waals surface area contributed by atoms with E-state index < -0.39 is 6.10 Å². The molecule has 21 heavy (non-hydrogen) atoms. The molecule has 0 fully saturated rings. The molecule has 1 aromatic carbocycles. The van der Waals surface area contributed by atoms with Crippen molar-refractivity contribution < 1.29 is 9.53 Å². The highest BCUT2D eigenvalue weighted by atomic mass is 79.9. The smallest absolute Gasteiger partial charge is 0.261 e. The molecule has 0 aliphatic heterocycles. The number of ether oxygens (including phenoxy) is 1. The first-order valence-corrected chi connectivity index (χ1v) is 7.69. The number of benzene rings is 1. The molecule has 0 bridgehead atoms. The number of hydrogen-bond acceptors (Lipinski definition) is 3. The minimum atomic E-state index is -0.605. The van der Waals surface area contributed by atoms with Crippen LogP contribution >= 0.6 is 15.9 Å². The average Bonchev–Trinajstić information content (AvgIpc) is 2.46. The summed E-state index contributed by atoms with van der Waals surface area (Å²) < 4.78 is 6.76. The van der Waals surface area contributed by atoms with Crippen LogP contribution in [0, 0.1) is 12.3 Å². The fraction of sp³-hybridized carbons (Fsp3) is 0.438. The first kappa shape index (κ1) is 17.5. The molecule has 114 valence electrons. The summed E-state index contributed by atoms with van der Waals surface area (Å²) in [4.78, 5) is 11.8. The average molecular weight is 353 g/mol. The normalized spacial score (nSPS) is 13.1. The molecular weight excluding hydrogens is 332 g/mol. The van der Waals surface area contributed by atoms with E-state index >= 15 is 0 Å². The zero-order valence-corrected chi connectivity index (χ0v) is 14.2. The van der Waals surface area contributed by atoms with E-state index in [1.165, 1.54) is 0 Å². The third-order valence-electron chi connectivity index (χ3n) is 2.99. The zero-order valence-electron chi connectivity index (χ0n) is 12.6. The van der Waals surface area contributed by atoms with Gasteiger partial charge in [0.2, 0.25) is 0 Å². The number of terminal acetylenes is 1. The number of carbonyl (C=O) groups excluding carboxylic acids is 1. The molecule has 2 unspecified atom stereocenters. The maximum atomic E-state index is 11.8. The first-order valence-electron chi connectivity index (χ1n) is 6.90. The van der Waals surface area contributed by atoms with Crippen molar-refractivity contribution in [3.05, 3.63) is 28.2 Å². The van der Waals surface area contributed by atoms with Crippen LogP contribution in [0.5, 0.6) is 5.75 Å². The zero-order chi connectivity index (χ0) is 15.8. The van der Waals surface area contributed by atoms with Crippen molar-refractivity contribution in [3.63, 3.8) is 0 Å². The number of hydrogen-bond donors (Lipinski definition) is 2. The standard InChI is InChI=1S/C16H21BrN2O2/c1-5-9-19-16(20)12(4)21-15-8-7-13(17)10-14(15)11(3)18-6-2/h1,7-8,10-12,18H,6,9H2,2-4H3,(H,19,20). The highest BCUT2D eigenvalue weighted by molar-refractivity contribution is 9.10. The van der Waals surface area contributed by atoms with Crippen LogP contribution in [0.2, 0.25) is 0 Å². The fourth-order valence-corrected chi connectivity index (χ4v) is 2.29. The lowest BCUT2D eigenvalue weighted by molar-refractivity contribution is -0.127. The molecule has 0 spiro atoms. The van der Waals surface area contributed by atoms with Crippen molar-refractivity contribution >= 4 is 21.8 Å². The van der Waals surface area contributed by atoms with Crippen LogP contribution in [0.4, 0.5) is 0 Å². The van der Waals surface area contributed by atoms with Crippen LogP contribution in [-0.2, 0) is 4.79 Å². The molecular formula is C16H21BrN2O2. The lowest BCUT2D eigenvalue weighted by atomic mass is 10.1. The van der Waals surface area contributed by atoms with Gasteiger partial charge in [-0.2, -0.15) is 0 Å². The van der Waals surface area contributed by atoms with Crippen molar-refractivity contribution in [2.45, 2.75) is 32.9 Å². The van der Waals surface area contributed by atoms with Crippen molar-refractivity contribution in [2.75, 3.05) is 13.1 Å². The quantitative estimate of drug-likeness (QED) is 0.741. The molecule has 1 amide bonds. The Morgan fingerprint density at radius 3 is 2.81 bits per heavy atom. The van der Waals surface area contributed by atoms with E-state index in [1.54, 1.807) is 6.92 Å². The Labute approximate surface area is 134 Å². The molecule has 5 heteroatoms. The topological polar surface area (TPSA) is 50.4 Å². The predicted octanol–water partition coefficient (Wildman–Crippen LogP) is 2.64. The van der Waals surface area contributed by atoms with E-state index in [2.05, 4.69) is 39.4 Å². The second-order valence-electron chi connectivity index (χ2n) is 4.64. The van der Waals surface area contributed by atoms with Crippen molar-refractivity contribution in [3.8, 4) is 18.1 Å². The van der Waals surface area contributed by atoms with Gasteiger partial charge in [0.1, 0.15) is 5.75 Å². The van der Waals surface area contributed by atoms with E-state index in [0.717, 1.165) is 16.6 Å². The number of carbonyl (C=O) groups is 1. The SMILES string of the molecule is C#CCNC(=O)C(C)Oc1ccc(Br)cc1C(C)NCC. The largest absolute Gasteiger partial charge is 0.481 e. The maximum Gasteiger partial charge on any atom is 0.261 e. The Hall–Kier alpha value is -1.51. The molecule has 0 aliphatic carbocycles. The molecule has 0 aromatic heterocycles. The number of nitrogens with one attached hydrogen (secondary N) is 2. The highest BCUT2D eigenvalue weighted by Crippen LogP contribution is 2.29. The van der Waals surface area contributed by atoms with E-state index in [4.69, 9.17) is 11.2 Å². The van der Waals surface area contributed by atoms with Gasteiger partial charge in [-0.3, -0.25) is 4.79 Å². The van der Waals surface area contributed by atoms with Gasteiger partial charge >= 0.3 is 0 Å². The molecule has 1 rings (SSSR count). The molecule has 0 aliphatic rings. The highest BCUT2D eigenvalue weighted by Gasteiger charge is 2.18. The molecule has 4 nitrogen and oxygen atoms in total. The second-order valence-corrected chi connectivity index (χ2v) is 5.56. The van der Waals surface area contributed by atoms with Gasteiger partial charge in [0.05, 0.1) is 6.54 Å². The van der Waals surface area contributed by atoms with E-state index in [0.29, 0.717) is 5.75 Å². The van der Waals surface area contributed by atoms with Crippen molar-refractivity contribution in [1.29, 1.82) is 0 Å². The van der Waals surface area contributed by atoms with Gasteiger partial charge in [0, 0.05) is 16.1 Å². The summed E-state index contributed by atoms with van der Waals surface area (Å²) in [5.41, 5.74) is 1.00. The summed E-state index contributed by atoms with van der Waals surface area (Å²) in [6, 6.07) is 5.87.